The Morgan fingerprint density at radius 3 is 2.92 bits per heavy atom. The highest BCUT2D eigenvalue weighted by atomic mass is 16.5. The largest absolute Gasteiger partial charge is 0.474 e. The third-order valence-corrected chi connectivity index (χ3v) is 4.18. The fourth-order valence-corrected chi connectivity index (χ4v) is 2.91. The van der Waals surface area contributed by atoms with E-state index in [1.165, 1.54) is 0 Å². The van der Waals surface area contributed by atoms with E-state index in [2.05, 4.69) is 32.0 Å². The Morgan fingerprint density at radius 1 is 1.04 bits per heavy atom. The van der Waals surface area contributed by atoms with Gasteiger partial charge in [0, 0.05) is 25.0 Å². The normalized spacial score (nSPS) is 17.5. The van der Waals surface area contributed by atoms with E-state index in [1.54, 1.807) is 6.20 Å². The first-order chi connectivity index (χ1) is 12.3. The monoisotopic (exact) mass is 342 g/mol. The molecule has 0 saturated heterocycles. The molecule has 6 nitrogen and oxygen atoms in total. The lowest BCUT2D eigenvalue weighted by Gasteiger charge is -2.22. The first-order valence-corrected chi connectivity index (χ1v) is 8.96. The average Bonchev–Trinajstić information content (AvgIpc) is 2.61. The van der Waals surface area contributed by atoms with Crippen LogP contribution in [-0.4, -0.2) is 52.8 Å². The molecule has 6 heteroatoms. The molecular weight excluding hydrogens is 316 g/mol. The van der Waals surface area contributed by atoms with E-state index in [0.29, 0.717) is 25.7 Å². The smallest absolute Gasteiger partial charge is 0.232 e. The molecule has 0 amide bonds. The molecule has 2 bridgehead atoms. The summed E-state index contributed by atoms with van der Waals surface area (Å²) < 4.78 is 11.3. The van der Waals surface area contributed by atoms with E-state index in [0.717, 1.165) is 56.0 Å². The van der Waals surface area contributed by atoms with Crippen molar-refractivity contribution in [1.29, 1.82) is 0 Å². The number of hydrogen-bond acceptors (Lipinski definition) is 6. The van der Waals surface area contributed by atoms with Crippen molar-refractivity contribution >= 4 is 0 Å². The number of pyridine rings is 1. The van der Waals surface area contributed by atoms with Gasteiger partial charge < -0.3 is 9.47 Å². The van der Waals surface area contributed by atoms with Crippen LogP contribution in [0.5, 0.6) is 5.88 Å². The summed E-state index contributed by atoms with van der Waals surface area (Å²) in [7, 11) is 0. The van der Waals surface area contributed by atoms with E-state index in [-0.39, 0.29) is 0 Å². The van der Waals surface area contributed by atoms with E-state index in [9.17, 15) is 0 Å². The second-order valence-electron chi connectivity index (χ2n) is 6.31. The molecule has 0 spiro atoms. The summed E-state index contributed by atoms with van der Waals surface area (Å²) in [6.07, 6.45) is 6.60. The van der Waals surface area contributed by atoms with Gasteiger partial charge in [0.05, 0.1) is 30.8 Å². The zero-order valence-corrected chi connectivity index (χ0v) is 14.9. The van der Waals surface area contributed by atoms with Crippen molar-refractivity contribution in [2.75, 3.05) is 32.9 Å². The highest BCUT2D eigenvalue weighted by Gasteiger charge is 2.09. The van der Waals surface area contributed by atoms with Crippen molar-refractivity contribution < 1.29 is 9.47 Å². The van der Waals surface area contributed by atoms with Crippen molar-refractivity contribution in [1.82, 2.24) is 19.9 Å². The molecule has 0 atom stereocenters. The summed E-state index contributed by atoms with van der Waals surface area (Å²) in [5, 5.41) is 0. The van der Waals surface area contributed by atoms with Crippen LogP contribution >= 0.6 is 0 Å². The average molecular weight is 342 g/mol. The maximum Gasteiger partial charge on any atom is 0.232 e. The van der Waals surface area contributed by atoms with Crippen LogP contribution in [0.4, 0.5) is 0 Å². The molecule has 0 aromatic carbocycles. The summed E-state index contributed by atoms with van der Waals surface area (Å²) in [6.45, 7) is 6.58. The minimum Gasteiger partial charge on any atom is -0.474 e. The number of aromatic nitrogens is 3. The van der Waals surface area contributed by atoms with Crippen LogP contribution in [0.1, 0.15) is 29.9 Å². The third kappa shape index (κ3) is 6.07. The second-order valence-corrected chi connectivity index (χ2v) is 6.31. The molecule has 2 aromatic rings. The molecule has 0 saturated carbocycles. The van der Waals surface area contributed by atoms with Gasteiger partial charge in [0.25, 0.3) is 0 Å². The third-order valence-electron chi connectivity index (χ3n) is 4.18. The summed E-state index contributed by atoms with van der Waals surface area (Å²) in [6, 6.07) is 6.19. The Hall–Kier alpha value is -2.05. The van der Waals surface area contributed by atoms with Gasteiger partial charge >= 0.3 is 0 Å². The zero-order valence-electron chi connectivity index (χ0n) is 14.9. The lowest BCUT2D eigenvalue weighted by Crippen LogP contribution is -2.29. The molecule has 1 aliphatic rings. The van der Waals surface area contributed by atoms with Gasteiger partial charge in [0.2, 0.25) is 5.88 Å². The maximum atomic E-state index is 5.71. The van der Waals surface area contributed by atoms with Crippen LogP contribution in [0.15, 0.2) is 30.6 Å². The number of rotatable bonds is 2. The number of aryl methyl sites for hydroxylation is 2. The van der Waals surface area contributed by atoms with Gasteiger partial charge in [-0.3, -0.25) is 14.9 Å². The lowest BCUT2D eigenvalue weighted by atomic mass is 10.2. The fourth-order valence-electron chi connectivity index (χ4n) is 2.91. The highest BCUT2D eigenvalue weighted by molar-refractivity contribution is 5.10. The quantitative estimate of drug-likeness (QED) is 0.835. The number of ether oxygens (including phenoxy) is 2. The molecule has 25 heavy (non-hydrogen) atoms. The first-order valence-electron chi connectivity index (χ1n) is 8.96. The topological polar surface area (TPSA) is 60.4 Å². The van der Waals surface area contributed by atoms with Crippen LogP contribution in [0.3, 0.4) is 0 Å². The van der Waals surface area contributed by atoms with Crippen LogP contribution in [-0.2, 0) is 17.7 Å². The molecule has 134 valence electrons. The SMILES string of the molecule is Cc1cccc(CN2CCCCc3cncc(n3)OCCOCC2)n1. The molecule has 0 unspecified atom stereocenters. The Bertz CT molecular complexity index is 665. The summed E-state index contributed by atoms with van der Waals surface area (Å²) in [5.74, 6) is 0.588. The molecule has 1 aliphatic heterocycles. The second kappa shape index (κ2) is 9.44. The minimum atomic E-state index is 0.498. The van der Waals surface area contributed by atoms with Gasteiger partial charge in [0.15, 0.2) is 0 Å². The Balaban J connectivity index is 1.59. The van der Waals surface area contributed by atoms with E-state index >= 15 is 0 Å². The first kappa shape index (κ1) is 17.8. The number of fused-ring (bicyclic) bond motifs is 2. The maximum absolute atomic E-state index is 5.71. The standard InChI is InChI=1S/C19H26N4O2/c1-16-5-4-7-18(21-16)15-23-8-3-2-6-17-13-20-14-19(22-17)25-12-11-24-10-9-23/h4-5,7,13-14H,2-3,6,8-12,15H2,1H3. The van der Waals surface area contributed by atoms with Crippen molar-refractivity contribution in [3.8, 4) is 5.88 Å². The summed E-state index contributed by atoms with van der Waals surface area (Å²) in [5.41, 5.74) is 3.16. The van der Waals surface area contributed by atoms with Gasteiger partial charge in [-0.1, -0.05) is 6.07 Å². The Kier molecular flexibility index (Phi) is 6.71. The summed E-state index contributed by atoms with van der Waals surface area (Å²) >= 11 is 0. The van der Waals surface area contributed by atoms with Crippen molar-refractivity contribution in [3.05, 3.63) is 47.7 Å². The van der Waals surface area contributed by atoms with Crippen LogP contribution in [0, 0.1) is 6.92 Å². The van der Waals surface area contributed by atoms with Crippen LogP contribution < -0.4 is 4.74 Å². The van der Waals surface area contributed by atoms with Crippen LogP contribution in [0.25, 0.3) is 0 Å². The molecule has 0 N–H and O–H groups in total. The van der Waals surface area contributed by atoms with Gasteiger partial charge in [-0.05, 0) is 44.9 Å². The van der Waals surface area contributed by atoms with Crippen LogP contribution in [0.2, 0.25) is 0 Å². The molecule has 2 aromatic heterocycles. The number of nitrogens with zero attached hydrogens (tertiary/aromatic N) is 4. The Morgan fingerprint density at radius 2 is 2.00 bits per heavy atom. The van der Waals surface area contributed by atoms with Gasteiger partial charge in [0.1, 0.15) is 6.61 Å². The molecule has 3 rings (SSSR count). The van der Waals surface area contributed by atoms with Gasteiger partial charge in [-0.2, -0.15) is 0 Å². The van der Waals surface area contributed by atoms with E-state index in [4.69, 9.17) is 9.47 Å². The van der Waals surface area contributed by atoms with Crippen molar-refractivity contribution in [2.45, 2.75) is 32.7 Å². The van der Waals surface area contributed by atoms with Gasteiger partial charge in [-0.25, -0.2) is 4.98 Å². The van der Waals surface area contributed by atoms with Gasteiger partial charge in [-0.15, -0.1) is 0 Å². The predicted molar refractivity (Wildman–Crippen MR) is 95.5 cm³/mol. The van der Waals surface area contributed by atoms with Crippen molar-refractivity contribution in [3.63, 3.8) is 0 Å². The Labute approximate surface area is 149 Å². The highest BCUT2D eigenvalue weighted by Crippen LogP contribution is 2.10. The molecular formula is C19H26N4O2. The molecule has 0 radical (unpaired) electrons. The molecule has 0 aliphatic carbocycles. The van der Waals surface area contributed by atoms with E-state index < -0.39 is 0 Å². The zero-order chi connectivity index (χ0) is 17.3. The number of hydrogen-bond donors (Lipinski definition) is 0. The lowest BCUT2D eigenvalue weighted by molar-refractivity contribution is 0.0755. The molecule has 3 heterocycles. The molecule has 0 fully saturated rings. The fraction of sp³-hybridized carbons (Fsp3) is 0.526. The van der Waals surface area contributed by atoms with Crippen molar-refractivity contribution in [2.24, 2.45) is 0 Å². The predicted octanol–water partition coefficient (Wildman–Crippen LogP) is 2.41. The minimum absolute atomic E-state index is 0.498. The summed E-state index contributed by atoms with van der Waals surface area (Å²) in [4.78, 5) is 15.7. The van der Waals surface area contributed by atoms with E-state index in [1.807, 2.05) is 19.2 Å².